The summed E-state index contributed by atoms with van der Waals surface area (Å²) in [5.74, 6) is -0.332. The molecule has 0 atom stereocenters. The molecule has 0 saturated carbocycles. The minimum Gasteiger partial charge on any atom is -0.398 e. The molecule has 0 bridgehead atoms. The number of rotatable bonds is 0. The van der Waals surface area contributed by atoms with Crippen LogP contribution in [0.3, 0.4) is 0 Å². The Morgan fingerprint density at radius 2 is 2.18 bits per heavy atom. The highest BCUT2D eigenvalue weighted by Gasteiger charge is 2.08. The molecule has 0 unspecified atom stereocenters. The zero-order valence-corrected chi connectivity index (χ0v) is 8.34. The monoisotopic (exact) mass is 235 g/mol. The van der Waals surface area contributed by atoms with Crippen LogP contribution in [-0.4, -0.2) is 0 Å². The van der Waals surface area contributed by atoms with Crippen molar-refractivity contribution in [1.82, 2.24) is 0 Å². The first-order valence-corrected chi connectivity index (χ1v) is 4.21. The second-order valence-corrected chi connectivity index (χ2v) is 3.49. The minimum absolute atomic E-state index is 0.323. The SMILES string of the molecule is Cc1cc(F)c(Br)c(S)c1N. The maximum atomic E-state index is 12.9. The van der Waals surface area contributed by atoms with Gasteiger partial charge in [-0.1, -0.05) is 0 Å². The summed E-state index contributed by atoms with van der Waals surface area (Å²) in [4.78, 5) is 0.461. The summed E-state index contributed by atoms with van der Waals surface area (Å²) in [5.41, 5.74) is 6.80. The molecule has 1 rings (SSSR count). The molecule has 4 heteroatoms. The van der Waals surface area contributed by atoms with Gasteiger partial charge in [-0.05, 0) is 34.5 Å². The average molecular weight is 236 g/mol. The number of hydrogen-bond acceptors (Lipinski definition) is 2. The van der Waals surface area contributed by atoms with E-state index in [2.05, 4.69) is 28.6 Å². The van der Waals surface area contributed by atoms with Gasteiger partial charge in [0.1, 0.15) is 5.82 Å². The fraction of sp³-hybridized carbons (Fsp3) is 0.143. The number of halogens is 2. The van der Waals surface area contributed by atoms with E-state index in [-0.39, 0.29) is 5.82 Å². The smallest absolute Gasteiger partial charge is 0.138 e. The number of benzene rings is 1. The van der Waals surface area contributed by atoms with E-state index in [0.29, 0.717) is 20.6 Å². The summed E-state index contributed by atoms with van der Waals surface area (Å²) in [7, 11) is 0. The molecule has 0 aliphatic heterocycles. The number of hydrogen-bond donors (Lipinski definition) is 2. The molecule has 2 N–H and O–H groups in total. The first-order chi connectivity index (χ1) is 5.04. The number of thiol groups is 1. The van der Waals surface area contributed by atoms with Crippen LogP contribution in [0.5, 0.6) is 0 Å². The van der Waals surface area contributed by atoms with Crippen molar-refractivity contribution in [2.45, 2.75) is 11.8 Å². The Labute approximate surface area is 78.3 Å². The van der Waals surface area contributed by atoms with Crippen LogP contribution in [0.4, 0.5) is 10.1 Å². The number of anilines is 1. The topological polar surface area (TPSA) is 26.0 Å². The van der Waals surface area contributed by atoms with Crippen molar-refractivity contribution in [3.05, 3.63) is 21.9 Å². The van der Waals surface area contributed by atoms with E-state index in [4.69, 9.17) is 5.73 Å². The standard InChI is InChI=1S/C7H7BrFNS/c1-3-2-4(9)5(8)7(11)6(3)10/h2,11H,10H2,1H3. The van der Waals surface area contributed by atoms with E-state index in [1.165, 1.54) is 6.07 Å². The highest BCUT2D eigenvalue weighted by Crippen LogP contribution is 2.31. The third-order valence-electron chi connectivity index (χ3n) is 1.44. The molecule has 0 aromatic heterocycles. The van der Waals surface area contributed by atoms with Gasteiger partial charge >= 0.3 is 0 Å². The van der Waals surface area contributed by atoms with Crippen LogP contribution >= 0.6 is 28.6 Å². The van der Waals surface area contributed by atoms with Gasteiger partial charge in [0.05, 0.1) is 4.47 Å². The Balaban J connectivity index is 3.46. The molecule has 1 nitrogen and oxygen atoms in total. The molecule has 60 valence electrons. The molecule has 1 aromatic carbocycles. The van der Waals surface area contributed by atoms with Gasteiger partial charge in [-0.3, -0.25) is 0 Å². The molecule has 11 heavy (non-hydrogen) atoms. The first kappa shape index (κ1) is 8.87. The van der Waals surface area contributed by atoms with E-state index >= 15 is 0 Å². The second kappa shape index (κ2) is 3.03. The van der Waals surface area contributed by atoms with Gasteiger partial charge in [0, 0.05) is 10.6 Å². The molecular weight excluding hydrogens is 229 g/mol. The van der Waals surface area contributed by atoms with Crippen LogP contribution in [0.1, 0.15) is 5.56 Å². The van der Waals surface area contributed by atoms with Gasteiger partial charge in [0.25, 0.3) is 0 Å². The van der Waals surface area contributed by atoms with Crippen molar-refractivity contribution in [1.29, 1.82) is 0 Å². The molecule has 0 aliphatic rings. The third kappa shape index (κ3) is 1.51. The van der Waals surface area contributed by atoms with Crippen LogP contribution in [0.25, 0.3) is 0 Å². The average Bonchev–Trinajstić information content (AvgIpc) is 1.97. The van der Waals surface area contributed by atoms with Crippen molar-refractivity contribution < 1.29 is 4.39 Å². The van der Waals surface area contributed by atoms with E-state index in [9.17, 15) is 4.39 Å². The maximum absolute atomic E-state index is 12.9. The van der Waals surface area contributed by atoms with Crippen LogP contribution in [-0.2, 0) is 0 Å². The van der Waals surface area contributed by atoms with E-state index < -0.39 is 0 Å². The largest absolute Gasteiger partial charge is 0.398 e. The van der Waals surface area contributed by atoms with Crippen molar-refractivity contribution in [2.24, 2.45) is 0 Å². The van der Waals surface area contributed by atoms with Crippen molar-refractivity contribution in [3.8, 4) is 0 Å². The van der Waals surface area contributed by atoms with E-state index in [1.807, 2.05) is 0 Å². The van der Waals surface area contributed by atoms with E-state index in [0.717, 1.165) is 0 Å². The molecule has 0 radical (unpaired) electrons. The lowest BCUT2D eigenvalue weighted by Gasteiger charge is -2.05. The molecule has 0 amide bonds. The Bertz CT molecular complexity index is 275. The van der Waals surface area contributed by atoms with Crippen LogP contribution in [0.2, 0.25) is 0 Å². The second-order valence-electron chi connectivity index (χ2n) is 2.25. The predicted octanol–water partition coefficient (Wildman–Crippen LogP) is 2.77. The van der Waals surface area contributed by atoms with E-state index in [1.54, 1.807) is 6.92 Å². The van der Waals surface area contributed by atoms with Crippen molar-refractivity contribution in [3.63, 3.8) is 0 Å². The molecule has 1 aromatic rings. The third-order valence-corrected chi connectivity index (χ3v) is 2.99. The maximum Gasteiger partial charge on any atom is 0.138 e. The summed E-state index contributed by atoms with van der Waals surface area (Å²) in [6.07, 6.45) is 0. The van der Waals surface area contributed by atoms with Gasteiger partial charge in [0.15, 0.2) is 0 Å². The van der Waals surface area contributed by atoms with Crippen LogP contribution in [0.15, 0.2) is 15.4 Å². The molecule has 0 fully saturated rings. The van der Waals surface area contributed by atoms with Crippen LogP contribution in [0, 0.1) is 12.7 Å². The molecule has 0 spiro atoms. The fourth-order valence-electron chi connectivity index (χ4n) is 0.749. The number of nitrogens with two attached hydrogens (primary N) is 1. The minimum atomic E-state index is -0.332. The quantitative estimate of drug-likeness (QED) is 0.525. The van der Waals surface area contributed by atoms with Gasteiger partial charge in [0.2, 0.25) is 0 Å². The Kier molecular flexibility index (Phi) is 2.44. The summed E-state index contributed by atoms with van der Waals surface area (Å²) in [6.45, 7) is 1.74. The Morgan fingerprint density at radius 3 is 2.73 bits per heavy atom. The van der Waals surface area contributed by atoms with Crippen molar-refractivity contribution in [2.75, 3.05) is 5.73 Å². The molecule has 0 saturated heterocycles. The van der Waals surface area contributed by atoms with Gasteiger partial charge in [-0.15, -0.1) is 12.6 Å². The molecular formula is C7H7BrFNS. The summed E-state index contributed by atoms with van der Waals surface area (Å²) in [5, 5.41) is 0. The summed E-state index contributed by atoms with van der Waals surface area (Å²) >= 11 is 7.07. The zero-order chi connectivity index (χ0) is 8.59. The van der Waals surface area contributed by atoms with Gasteiger partial charge in [-0.2, -0.15) is 0 Å². The Hall–Kier alpha value is -0.220. The normalized spacial score (nSPS) is 10.2. The van der Waals surface area contributed by atoms with Gasteiger partial charge in [-0.25, -0.2) is 4.39 Å². The molecule has 0 aliphatic carbocycles. The number of nitrogen functional groups attached to an aromatic ring is 1. The zero-order valence-electron chi connectivity index (χ0n) is 5.86. The lowest BCUT2D eigenvalue weighted by Crippen LogP contribution is -1.94. The van der Waals surface area contributed by atoms with Gasteiger partial charge < -0.3 is 5.73 Å². The predicted molar refractivity (Wildman–Crippen MR) is 50.5 cm³/mol. The molecule has 0 heterocycles. The first-order valence-electron chi connectivity index (χ1n) is 2.97. The fourth-order valence-corrected chi connectivity index (χ4v) is 1.36. The lowest BCUT2D eigenvalue weighted by atomic mass is 10.2. The van der Waals surface area contributed by atoms with Crippen molar-refractivity contribution >= 4 is 34.2 Å². The number of aryl methyl sites for hydroxylation is 1. The van der Waals surface area contributed by atoms with Crippen LogP contribution < -0.4 is 5.73 Å². The summed E-state index contributed by atoms with van der Waals surface area (Å²) < 4.78 is 13.2. The highest BCUT2D eigenvalue weighted by atomic mass is 79.9. The Morgan fingerprint density at radius 1 is 1.64 bits per heavy atom. The highest BCUT2D eigenvalue weighted by molar-refractivity contribution is 9.10. The lowest BCUT2D eigenvalue weighted by molar-refractivity contribution is 0.616. The summed E-state index contributed by atoms with van der Waals surface area (Å²) in [6, 6.07) is 1.37.